The molecular formula is C44H87N2O5+. The first-order valence-electron chi connectivity index (χ1n) is 22.3. The summed E-state index contributed by atoms with van der Waals surface area (Å²) in [5.74, 6) is -0.276. The van der Waals surface area contributed by atoms with Crippen LogP contribution in [-0.2, 0) is 23.9 Å². The highest BCUT2D eigenvalue weighted by Gasteiger charge is 2.23. The third-order valence-electron chi connectivity index (χ3n) is 10.8. The Morgan fingerprint density at radius 1 is 0.471 bits per heavy atom. The lowest BCUT2D eigenvalue weighted by molar-refractivity contribution is -0.896. The van der Waals surface area contributed by atoms with Gasteiger partial charge in [0.1, 0.15) is 13.2 Å². The molecule has 1 amide bonds. The van der Waals surface area contributed by atoms with Gasteiger partial charge in [0, 0.05) is 12.8 Å². The molecule has 0 saturated carbocycles. The zero-order chi connectivity index (χ0) is 37.8. The number of hydrogen-bond donors (Lipinski definition) is 1. The number of amides is 1. The van der Waals surface area contributed by atoms with E-state index in [-0.39, 0.29) is 42.9 Å². The van der Waals surface area contributed by atoms with E-state index in [1.54, 1.807) is 4.90 Å². The number of carbonyl (C=O) groups is 3. The Hall–Kier alpha value is -1.63. The van der Waals surface area contributed by atoms with Crippen LogP contribution in [0.2, 0.25) is 0 Å². The summed E-state index contributed by atoms with van der Waals surface area (Å²) in [6, 6.07) is 0. The number of esters is 2. The highest BCUT2D eigenvalue weighted by Crippen LogP contribution is 2.22. The SMILES string of the molecule is CCCCCCCCC(CCCCCC)C(=O)OCCN(CCOC(=O)C(CCCCCC)CCCCCCCC)C(=O)CCC[NH+](CC)CC. The molecule has 51 heavy (non-hydrogen) atoms. The van der Waals surface area contributed by atoms with Crippen molar-refractivity contribution in [2.45, 2.75) is 208 Å². The van der Waals surface area contributed by atoms with Gasteiger partial charge in [-0.1, -0.05) is 156 Å². The van der Waals surface area contributed by atoms with Crippen LogP contribution in [0.4, 0.5) is 0 Å². The van der Waals surface area contributed by atoms with Gasteiger partial charge < -0.3 is 19.3 Å². The van der Waals surface area contributed by atoms with Crippen molar-refractivity contribution >= 4 is 17.8 Å². The lowest BCUT2D eigenvalue weighted by Gasteiger charge is -2.24. The number of nitrogens with zero attached hydrogens (tertiary/aromatic N) is 1. The molecule has 0 aromatic heterocycles. The van der Waals surface area contributed by atoms with Crippen LogP contribution < -0.4 is 4.90 Å². The maximum atomic E-state index is 13.5. The highest BCUT2D eigenvalue weighted by molar-refractivity contribution is 5.76. The molecule has 0 aliphatic rings. The average molecular weight is 724 g/mol. The van der Waals surface area contributed by atoms with Crippen molar-refractivity contribution in [3.05, 3.63) is 0 Å². The van der Waals surface area contributed by atoms with Gasteiger partial charge in [0.15, 0.2) is 0 Å². The largest absolute Gasteiger partial charge is 0.464 e. The summed E-state index contributed by atoms with van der Waals surface area (Å²) >= 11 is 0. The van der Waals surface area contributed by atoms with Crippen LogP contribution in [0.5, 0.6) is 0 Å². The minimum absolute atomic E-state index is 0.0556. The molecule has 2 atom stereocenters. The maximum Gasteiger partial charge on any atom is 0.308 e. The fourth-order valence-corrected chi connectivity index (χ4v) is 7.10. The number of carbonyl (C=O) groups excluding carboxylic acids is 3. The molecule has 0 aromatic rings. The van der Waals surface area contributed by atoms with Crippen molar-refractivity contribution < 1.29 is 28.8 Å². The Kier molecular flexibility index (Phi) is 35.5. The number of ether oxygens (including phenoxy) is 2. The predicted molar refractivity (Wildman–Crippen MR) is 215 cm³/mol. The van der Waals surface area contributed by atoms with Gasteiger partial charge in [0.2, 0.25) is 5.91 Å². The van der Waals surface area contributed by atoms with Gasteiger partial charge in [-0.2, -0.15) is 0 Å². The Morgan fingerprint density at radius 3 is 1.16 bits per heavy atom. The summed E-state index contributed by atoms with van der Waals surface area (Å²) in [6.07, 6.45) is 28.6. The van der Waals surface area contributed by atoms with E-state index in [2.05, 4.69) is 41.5 Å². The van der Waals surface area contributed by atoms with Gasteiger partial charge in [0.05, 0.1) is 44.6 Å². The van der Waals surface area contributed by atoms with Crippen LogP contribution in [0.1, 0.15) is 208 Å². The molecule has 0 aromatic carbocycles. The molecule has 7 heteroatoms. The molecule has 0 aliphatic carbocycles. The Labute approximate surface area is 317 Å². The van der Waals surface area contributed by atoms with Gasteiger partial charge in [-0.15, -0.1) is 0 Å². The number of unbranched alkanes of at least 4 members (excludes halogenated alkanes) is 16. The first kappa shape index (κ1) is 49.4. The summed E-state index contributed by atoms with van der Waals surface area (Å²) < 4.78 is 11.8. The standard InChI is InChI=1S/C44H86N2O5/c1-7-13-17-21-23-27-32-40(30-25-19-15-9-3)43(48)50-38-36-46(42(47)34-29-35-45(11-5)12-6)37-39-51-44(49)41(31-26-20-16-10-4)33-28-24-22-18-14-8-2/h40-41H,7-39H2,1-6H3/p+1. The van der Waals surface area contributed by atoms with Crippen LogP contribution in [0.3, 0.4) is 0 Å². The quantitative estimate of drug-likeness (QED) is 0.0507. The summed E-state index contributed by atoms with van der Waals surface area (Å²) in [4.78, 5) is 43.3. The molecular weight excluding hydrogens is 636 g/mol. The minimum atomic E-state index is -0.107. The summed E-state index contributed by atoms with van der Waals surface area (Å²) in [6.45, 7) is 17.4. The van der Waals surface area contributed by atoms with Crippen molar-refractivity contribution in [3.63, 3.8) is 0 Å². The summed E-state index contributed by atoms with van der Waals surface area (Å²) in [5.41, 5.74) is 0. The predicted octanol–water partition coefficient (Wildman–Crippen LogP) is 10.3. The molecule has 0 bridgehead atoms. The van der Waals surface area contributed by atoms with Gasteiger partial charge >= 0.3 is 11.9 Å². The summed E-state index contributed by atoms with van der Waals surface area (Å²) in [7, 11) is 0. The zero-order valence-electron chi connectivity index (χ0n) is 35.0. The van der Waals surface area contributed by atoms with E-state index >= 15 is 0 Å². The van der Waals surface area contributed by atoms with E-state index in [1.165, 1.54) is 94.8 Å². The first-order valence-corrected chi connectivity index (χ1v) is 22.3. The summed E-state index contributed by atoms with van der Waals surface area (Å²) in [5, 5.41) is 0. The Bertz CT molecular complexity index is 752. The third kappa shape index (κ3) is 28.5. The van der Waals surface area contributed by atoms with Crippen molar-refractivity contribution in [2.75, 3.05) is 45.9 Å². The van der Waals surface area contributed by atoms with Crippen LogP contribution >= 0.6 is 0 Å². The van der Waals surface area contributed by atoms with Crippen LogP contribution in [0.15, 0.2) is 0 Å². The normalized spacial score (nSPS) is 12.6. The Morgan fingerprint density at radius 2 is 0.804 bits per heavy atom. The second kappa shape index (κ2) is 36.7. The van der Waals surface area contributed by atoms with Gasteiger partial charge in [-0.25, -0.2) is 0 Å². The van der Waals surface area contributed by atoms with E-state index in [1.807, 2.05) is 0 Å². The molecule has 0 rings (SSSR count). The van der Waals surface area contributed by atoms with Crippen molar-refractivity contribution in [1.29, 1.82) is 0 Å². The number of quaternary nitrogens is 1. The second-order valence-corrected chi connectivity index (χ2v) is 15.2. The highest BCUT2D eigenvalue weighted by atomic mass is 16.5. The first-order chi connectivity index (χ1) is 24.9. The van der Waals surface area contributed by atoms with E-state index in [4.69, 9.17) is 9.47 Å². The molecule has 0 heterocycles. The van der Waals surface area contributed by atoms with Crippen molar-refractivity contribution in [3.8, 4) is 0 Å². The molecule has 0 spiro atoms. The van der Waals surface area contributed by atoms with Crippen LogP contribution in [0, 0.1) is 11.8 Å². The second-order valence-electron chi connectivity index (χ2n) is 15.2. The minimum Gasteiger partial charge on any atom is -0.464 e. The molecule has 0 radical (unpaired) electrons. The molecule has 0 aliphatic heterocycles. The molecule has 0 fully saturated rings. The number of hydrogen-bond acceptors (Lipinski definition) is 5. The van der Waals surface area contributed by atoms with Crippen LogP contribution in [0.25, 0.3) is 0 Å². The zero-order valence-corrected chi connectivity index (χ0v) is 35.0. The molecule has 0 saturated heterocycles. The number of rotatable bonds is 38. The van der Waals surface area contributed by atoms with Crippen LogP contribution in [-0.4, -0.2) is 68.7 Å². The van der Waals surface area contributed by atoms with E-state index in [9.17, 15) is 14.4 Å². The smallest absolute Gasteiger partial charge is 0.308 e. The fourth-order valence-electron chi connectivity index (χ4n) is 7.10. The van der Waals surface area contributed by atoms with E-state index < -0.39 is 0 Å². The lowest BCUT2D eigenvalue weighted by Crippen LogP contribution is -3.11. The molecule has 7 nitrogen and oxygen atoms in total. The monoisotopic (exact) mass is 724 g/mol. The lowest BCUT2D eigenvalue weighted by atomic mass is 9.94. The topological polar surface area (TPSA) is 77.3 Å². The fraction of sp³-hybridized carbons (Fsp3) is 0.932. The maximum absolute atomic E-state index is 13.5. The molecule has 2 unspecified atom stereocenters. The number of nitrogens with one attached hydrogen (secondary N) is 1. The van der Waals surface area contributed by atoms with E-state index in [0.29, 0.717) is 19.5 Å². The third-order valence-corrected chi connectivity index (χ3v) is 10.8. The van der Waals surface area contributed by atoms with Gasteiger partial charge in [0.25, 0.3) is 0 Å². The molecule has 302 valence electrons. The molecule has 1 N–H and O–H groups in total. The van der Waals surface area contributed by atoms with Crippen molar-refractivity contribution in [1.82, 2.24) is 4.90 Å². The Balaban J connectivity index is 5.28. The van der Waals surface area contributed by atoms with Gasteiger partial charge in [-0.05, 0) is 39.5 Å². The average Bonchev–Trinajstić information content (AvgIpc) is 3.13. The van der Waals surface area contributed by atoms with Crippen molar-refractivity contribution in [2.24, 2.45) is 11.8 Å². The van der Waals surface area contributed by atoms with Gasteiger partial charge in [-0.3, -0.25) is 14.4 Å². The van der Waals surface area contributed by atoms with E-state index in [0.717, 1.165) is 90.3 Å².